The maximum absolute atomic E-state index is 10.2. The minimum atomic E-state index is 0.194. The number of nitrogens with zero attached hydrogens (tertiary/aromatic N) is 2. The van der Waals surface area contributed by atoms with Crippen molar-refractivity contribution in [2.24, 2.45) is 4.99 Å². The van der Waals surface area contributed by atoms with Crippen molar-refractivity contribution in [2.75, 3.05) is 33.4 Å². The van der Waals surface area contributed by atoms with E-state index >= 15 is 0 Å². The number of ether oxygens (including phenoxy) is 2. The van der Waals surface area contributed by atoms with Crippen molar-refractivity contribution in [1.29, 1.82) is 0 Å². The van der Waals surface area contributed by atoms with E-state index in [-0.39, 0.29) is 11.8 Å². The normalized spacial score (nSPS) is 15.8. The molecular formula is C23H30N2O3. The zero-order chi connectivity index (χ0) is 19.8. The van der Waals surface area contributed by atoms with E-state index in [1.165, 1.54) is 18.4 Å². The molecule has 1 aliphatic rings. The first-order chi connectivity index (χ1) is 13.7. The molecule has 3 rings (SSSR count). The molecule has 150 valence electrons. The number of phenolic OH excluding ortho intramolecular Hbond substituents is 1. The van der Waals surface area contributed by atoms with Crippen LogP contribution < -0.4 is 9.47 Å². The second-order valence-corrected chi connectivity index (χ2v) is 7.10. The van der Waals surface area contributed by atoms with Gasteiger partial charge in [0.2, 0.25) is 0 Å². The van der Waals surface area contributed by atoms with Crippen LogP contribution >= 0.6 is 0 Å². The minimum absolute atomic E-state index is 0.194. The van der Waals surface area contributed by atoms with Crippen molar-refractivity contribution in [2.45, 2.75) is 32.2 Å². The van der Waals surface area contributed by atoms with Crippen LogP contribution in [0.5, 0.6) is 17.2 Å². The highest BCUT2D eigenvalue weighted by atomic mass is 16.5. The van der Waals surface area contributed by atoms with Crippen LogP contribution in [0, 0.1) is 0 Å². The number of aliphatic imine (C=N–C) groups is 1. The summed E-state index contributed by atoms with van der Waals surface area (Å²) in [6.45, 7) is 5.55. The molecule has 0 unspecified atom stereocenters. The molecule has 1 heterocycles. The maximum Gasteiger partial charge on any atom is 0.128 e. The van der Waals surface area contributed by atoms with Gasteiger partial charge in [0.25, 0.3) is 0 Å². The highest BCUT2D eigenvalue weighted by Crippen LogP contribution is 2.27. The Labute approximate surface area is 167 Å². The summed E-state index contributed by atoms with van der Waals surface area (Å²) in [6, 6.07) is 13.9. The smallest absolute Gasteiger partial charge is 0.128 e. The van der Waals surface area contributed by atoms with E-state index in [1.54, 1.807) is 19.4 Å². The van der Waals surface area contributed by atoms with Gasteiger partial charge in [0, 0.05) is 17.8 Å². The van der Waals surface area contributed by atoms with Crippen LogP contribution in [0.1, 0.15) is 43.4 Å². The first kappa shape index (κ1) is 20.2. The average Bonchev–Trinajstić information content (AvgIpc) is 3.25. The quantitative estimate of drug-likeness (QED) is 0.651. The van der Waals surface area contributed by atoms with E-state index in [4.69, 9.17) is 9.47 Å². The van der Waals surface area contributed by atoms with Crippen LogP contribution in [-0.2, 0) is 0 Å². The zero-order valence-electron chi connectivity index (χ0n) is 16.8. The lowest BCUT2D eigenvalue weighted by Gasteiger charge is -2.26. The van der Waals surface area contributed by atoms with E-state index in [9.17, 15) is 5.11 Å². The number of aromatic hydroxyl groups is 1. The number of rotatable bonds is 9. The zero-order valence-corrected chi connectivity index (χ0v) is 16.8. The Morgan fingerprint density at radius 2 is 1.82 bits per heavy atom. The number of benzene rings is 2. The fourth-order valence-corrected chi connectivity index (χ4v) is 3.50. The number of phenols is 1. The summed E-state index contributed by atoms with van der Waals surface area (Å²) in [4.78, 5) is 7.15. The third-order valence-corrected chi connectivity index (χ3v) is 5.07. The summed E-state index contributed by atoms with van der Waals surface area (Å²) in [5.74, 6) is 1.74. The Morgan fingerprint density at radius 1 is 1.11 bits per heavy atom. The van der Waals surface area contributed by atoms with Crippen molar-refractivity contribution < 1.29 is 14.6 Å². The minimum Gasteiger partial charge on any atom is -0.507 e. The standard InChI is InChI=1S/C23H30N2O3/c1-3-14-28-21-11-8-19(23(26)15-21)16-24-17-22(25-12-4-5-13-25)18-6-9-20(27-2)10-7-18/h6-11,15-16,22,26H,3-5,12-14,17H2,1-2H3/t22-/m0/s1. The SMILES string of the molecule is CCCOc1ccc(C=NC[C@@H](c2ccc(OC)cc2)N2CCCC2)c(O)c1. The summed E-state index contributed by atoms with van der Waals surface area (Å²) in [6.07, 6.45) is 5.16. The van der Waals surface area contributed by atoms with Crippen molar-refractivity contribution in [3.05, 3.63) is 53.6 Å². The summed E-state index contributed by atoms with van der Waals surface area (Å²) in [7, 11) is 1.68. The van der Waals surface area contributed by atoms with Crippen molar-refractivity contribution in [3.8, 4) is 17.2 Å². The van der Waals surface area contributed by atoms with Gasteiger partial charge in [-0.15, -0.1) is 0 Å². The maximum atomic E-state index is 10.2. The highest BCUT2D eigenvalue weighted by Gasteiger charge is 2.23. The molecule has 1 aliphatic heterocycles. The Kier molecular flexibility index (Phi) is 7.31. The van der Waals surface area contributed by atoms with Crippen molar-refractivity contribution in [1.82, 2.24) is 4.90 Å². The third-order valence-electron chi connectivity index (χ3n) is 5.07. The van der Waals surface area contributed by atoms with Crippen LogP contribution in [0.2, 0.25) is 0 Å². The number of methoxy groups -OCH3 is 1. The largest absolute Gasteiger partial charge is 0.507 e. The van der Waals surface area contributed by atoms with E-state index in [0.29, 0.717) is 24.5 Å². The number of hydrogen-bond acceptors (Lipinski definition) is 5. The molecule has 5 heteroatoms. The molecule has 2 aromatic rings. The monoisotopic (exact) mass is 382 g/mol. The fourth-order valence-electron chi connectivity index (χ4n) is 3.50. The van der Waals surface area contributed by atoms with Crippen LogP contribution in [-0.4, -0.2) is 49.6 Å². The van der Waals surface area contributed by atoms with Gasteiger partial charge in [0.15, 0.2) is 0 Å². The third kappa shape index (κ3) is 5.26. The van der Waals surface area contributed by atoms with Crippen LogP contribution in [0.15, 0.2) is 47.5 Å². The molecule has 1 fully saturated rings. The van der Waals surface area contributed by atoms with Gasteiger partial charge < -0.3 is 14.6 Å². The molecule has 0 saturated carbocycles. The molecule has 2 aromatic carbocycles. The van der Waals surface area contributed by atoms with Gasteiger partial charge >= 0.3 is 0 Å². The van der Waals surface area contributed by atoms with Gasteiger partial charge in [-0.1, -0.05) is 19.1 Å². The summed E-state index contributed by atoms with van der Waals surface area (Å²) in [5.41, 5.74) is 1.95. The van der Waals surface area contributed by atoms with E-state index in [2.05, 4.69) is 28.9 Å². The topological polar surface area (TPSA) is 54.3 Å². The lowest BCUT2D eigenvalue weighted by Crippen LogP contribution is -2.27. The van der Waals surface area contributed by atoms with Gasteiger partial charge in [-0.25, -0.2) is 0 Å². The summed E-state index contributed by atoms with van der Waals surface area (Å²) >= 11 is 0. The predicted octanol–water partition coefficient (Wildman–Crippen LogP) is 4.45. The molecule has 5 nitrogen and oxygen atoms in total. The molecule has 0 amide bonds. The Bertz CT molecular complexity index is 768. The Hall–Kier alpha value is -2.53. The van der Waals surface area contributed by atoms with E-state index in [1.807, 2.05) is 24.3 Å². The second-order valence-electron chi connectivity index (χ2n) is 7.10. The molecule has 0 aromatic heterocycles. The molecule has 28 heavy (non-hydrogen) atoms. The van der Waals surface area contributed by atoms with Gasteiger partial charge in [0.05, 0.1) is 26.3 Å². The van der Waals surface area contributed by atoms with Gasteiger partial charge in [0.1, 0.15) is 17.2 Å². The lowest BCUT2D eigenvalue weighted by molar-refractivity contribution is 0.252. The number of likely N-dealkylation sites (tertiary alicyclic amines) is 1. The Balaban J connectivity index is 1.70. The van der Waals surface area contributed by atoms with Crippen LogP contribution in [0.25, 0.3) is 0 Å². The number of hydrogen-bond donors (Lipinski definition) is 1. The molecule has 0 bridgehead atoms. The molecule has 1 atom stereocenters. The van der Waals surface area contributed by atoms with E-state index in [0.717, 1.165) is 25.3 Å². The second kappa shape index (κ2) is 10.1. The first-order valence-electron chi connectivity index (χ1n) is 10.0. The summed E-state index contributed by atoms with van der Waals surface area (Å²) < 4.78 is 10.8. The van der Waals surface area contributed by atoms with Gasteiger partial charge in [-0.2, -0.15) is 0 Å². The van der Waals surface area contributed by atoms with E-state index < -0.39 is 0 Å². The molecular weight excluding hydrogens is 352 g/mol. The molecule has 1 saturated heterocycles. The lowest BCUT2D eigenvalue weighted by atomic mass is 10.1. The molecule has 1 N–H and O–H groups in total. The molecule has 0 spiro atoms. The Morgan fingerprint density at radius 3 is 2.46 bits per heavy atom. The van der Waals surface area contributed by atoms with Crippen molar-refractivity contribution in [3.63, 3.8) is 0 Å². The van der Waals surface area contributed by atoms with Gasteiger partial charge in [-0.3, -0.25) is 9.89 Å². The molecule has 0 aliphatic carbocycles. The fraction of sp³-hybridized carbons (Fsp3) is 0.435. The van der Waals surface area contributed by atoms with Crippen LogP contribution in [0.3, 0.4) is 0 Å². The first-order valence-corrected chi connectivity index (χ1v) is 10.0. The highest BCUT2D eigenvalue weighted by molar-refractivity contribution is 5.83. The molecule has 0 radical (unpaired) electrons. The summed E-state index contributed by atoms with van der Waals surface area (Å²) in [5, 5.41) is 10.2. The van der Waals surface area contributed by atoms with Gasteiger partial charge in [-0.05, 0) is 62.2 Å². The predicted molar refractivity (Wildman–Crippen MR) is 113 cm³/mol. The van der Waals surface area contributed by atoms with Crippen LogP contribution in [0.4, 0.5) is 0 Å². The average molecular weight is 383 g/mol. The van der Waals surface area contributed by atoms with Crippen molar-refractivity contribution >= 4 is 6.21 Å².